The van der Waals surface area contributed by atoms with Gasteiger partial charge in [0.1, 0.15) is 0 Å². The van der Waals surface area contributed by atoms with E-state index in [4.69, 9.17) is 4.42 Å². The van der Waals surface area contributed by atoms with Crippen LogP contribution in [0.2, 0.25) is 0 Å². The molecule has 1 aromatic heterocycles. The second kappa shape index (κ2) is 6.54. The largest absolute Gasteiger partial charge is 0.415 e. The van der Waals surface area contributed by atoms with Gasteiger partial charge in [-0.2, -0.15) is 11.8 Å². The van der Waals surface area contributed by atoms with Crippen LogP contribution in [0.1, 0.15) is 23.6 Å². The van der Waals surface area contributed by atoms with Crippen molar-refractivity contribution in [1.29, 1.82) is 0 Å². The smallest absolute Gasteiger partial charge is 0.277 e. The molecule has 2 aromatic carbocycles. The van der Waals surface area contributed by atoms with E-state index >= 15 is 0 Å². The lowest BCUT2D eigenvalue weighted by atomic mass is 10.1. The summed E-state index contributed by atoms with van der Waals surface area (Å²) in [5, 5.41) is 11.6. The summed E-state index contributed by atoms with van der Waals surface area (Å²) in [6.07, 6.45) is 2.02. The van der Waals surface area contributed by atoms with Gasteiger partial charge in [-0.15, -0.1) is 10.2 Å². The molecule has 1 heterocycles. The van der Waals surface area contributed by atoms with E-state index in [1.165, 1.54) is 16.3 Å². The van der Waals surface area contributed by atoms with Crippen LogP contribution in [-0.4, -0.2) is 16.5 Å². The predicted molar refractivity (Wildman–Crippen MR) is 89.7 cm³/mol. The van der Waals surface area contributed by atoms with Crippen LogP contribution in [0.4, 0.5) is 0 Å². The normalized spacial score (nSPS) is 12.7. The van der Waals surface area contributed by atoms with Crippen LogP contribution in [0, 0.1) is 0 Å². The Hall–Kier alpha value is -1.46. The van der Waals surface area contributed by atoms with Crippen LogP contribution in [0.25, 0.3) is 10.8 Å². The molecular formula is C16H16N2OS2. The lowest BCUT2D eigenvalue weighted by Gasteiger charge is -2.09. The van der Waals surface area contributed by atoms with Crippen LogP contribution in [0.5, 0.6) is 0 Å². The van der Waals surface area contributed by atoms with Gasteiger partial charge in [0.15, 0.2) is 0 Å². The summed E-state index contributed by atoms with van der Waals surface area (Å²) in [7, 11) is 0. The molecule has 1 unspecified atom stereocenters. The van der Waals surface area contributed by atoms with Crippen LogP contribution < -0.4 is 0 Å². The van der Waals surface area contributed by atoms with Gasteiger partial charge in [0, 0.05) is 5.25 Å². The molecule has 0 N–H and O–H groups in total. The molecule has 0 fully saturated rings. The zero-order chi connectivity index (χ0) is 14.7. The minimum atomic E-state index is 0.275. The molecule has 1 atom stereocenters. The molecule has 3 rings (SSSR count). The zero-order valence-electron chi connectivity index (χ0n) is 11.9. The molecule has 0 saturated carbocycles. The Labute approximate surface area is 132 Å². The van der Waals surface area contributed by atoms with Gasteiger partial charge in [0.05, 0.1) is 5.75 Å². The summed E-state index contributed by atoms with van der Waals surface area (Å²) in [4.78, 5) is 0. The van der Waals surface area contributed by atoms with E-state index in [0.717, 1.165) is 5.75 Å². The fourth-order valence-corrected chi connectivity index (χ4v) is 3.33. The highest BCUT2D eigenvalue weighted by molar-refractivity contribution is 7.99. The van der Waals surface area contributed by atoms with Crippen LogP contribution >= 0.6 is 23.5 Å². The monoisotopic (exact) mass is 316 g/mol. The van der Waals surface area contributed by atoms with Crippen molar-refractivity contribution in [2.45, 2.75) is 23.1 Å². The molecule has 0 aliphatic rings. The van der Waals surface area contributed by atoms with Crippen molar-refractivity contribution in [3.8, 4) is 0 Å². The molecule has 0 aliphatic heterocycles. The molecule has 0 bridgehead atoms. The highest BCUT2D eigenvalue weighted by Gasteiger charge is 2.13. The number of nitrogens with zero attached hydrogens (tertiary/aromatic N) is 2. The highest BCUT2D eigenvalue weighted by Crippen LogP contribution is 2.35. The SMILES string of the molecule is CSCc1nnc(SC(C)c2ccc3ccccc3c2)o1. The van der Waals surface area contributed by atoms with Gasteiger partial charge in [-0.3, -0.25) is 0 Å². The Kier molecular flexibility index (Phi) is 4.51. The van der Waals surface area contributed by atoms with E-state index in [2.05, 4.69) is 59.6 Å². The number of rotatable bonds is 5. The Morgan fingerprint density at radius 2 is 1.90 bits per heavy atom. The quantitative estimate of drug-likeness (QED) is 0.623. The van der Waals surface area contributed by atoms with E-state index in [1.807, 2.05) is 6.26 Å². The molecule has 21 heavy (non-hydrogen) atoms. The molecule has 0 amide bonds. The fourth-order valence-electron chi connectivity index (χ4n) is 2.15. The Balaban J connectivity index is 1.77. The molecule has 0 radical (unpaired) electrons. The predicted octanol–water partition coefficient (Wildman–Crippen LogP) is 4.94. The average Bonchev–Trinajstić information content (AvgIpc) is 2.94. The van der Waals surface area contributed by atoms with E-state index < -0.39 is 0 Å². The fraction of sp³-hybridized carbons (Fsp3) is 0.250. The lowest BCUT2D eigenvalue weighted by molar-refractivity contribution is 0.426. The average molecular weight is 316 g/mol. The molecule has 3 nitrogen and oxygen atoms in total. The summed E-state index contributed by atoms with van der Waals surface area (Å²) in [5.41, 5.74) is 1.27. The summed E-state index contributed by atoms with van der Waals surface area (Å²) in [5.74, 6) is 1.45. The van der Waals surface area contributed by atoms with Crippen molar-refractivity contribution < 1.29 is 4.42 Å². The van der Waals surface area contributed by atoms with Crippen molar-refractivity contribution in [3.05, 3.63) is 53.9 Å². The number of aromatic nitrogens is 2. The first kappa shape index (κ1) is 14.5. The number of benzene rings is 2. The van der Waals surface area contributed by atoms with Crippen LogP contribution in [-0.2, 0) is 5.75 Å². The maximum Gasteiger partial charge on any atom is 0.277 e. The van der Waals surface area contributed by atoms with Crippen molar-refractivity contribution >= 4 is 34.3 Å². The molecule has 0 saturated heterocycles. The Bertz CT molecular complexity index is 742. The van der Waals surface area contributed by atoms with Gasteiger partial charge in [-0.05, 0) is 29.5 Å². The van der Waals surface area contributed by atoms with Gasteiger partial charge in [0.2, 0.25) is 5.89 Å². The molecule has 5 heteroatoms. The summed E-state index contributed by atoms with van der Waals surface area (Å²) in [6, 6.07) is 15.0. The number of hydrogen-bond acceptors (Lipinski definition) is 5. The minimum absolute atomic E-state index is 0.275. The second-order valence-electron chi connectivity index (χ2n) is 4.76. The molecule has 0 spiro atoms. The van der Waals surface area contributed by atoms with Gasteiger partial charge < -0.3 is 4.42 Å². The van der Waals surface area contributed by atoms with Gasteiger partial charge in [-0.25, -0.2) is 0 Å². The van der Waals surface area contributed by atoms with Gasteiger partial charge in [-0.1, -0.05) is 54.2 Å². The number of fused-ring (bicyclic) bond motifs is 1. The first-order valence-corrected chi connectivity index (χ1v) is 9.00. The lowest BCUT2D eigenvalue weighted by Crippen LogP contribution is -1.88. The van der Waals surface area contributed by atoms with E-state index in [1.54, 1.807) is 23.5 Å². The van der Waals surface area contributed by atoms with Crippen molar-refractivity contribution in [3.63, 3.8) is 0 Å². The third-order valence-electron chi connectivity index (χ3n) is 3.24. The first-order chi connectivity index (χ1) is 10.3. The van der Waals surface area contributed by atoms with Gasteiger partial charge in [0.25, 0.3) is 5.22 Å². The van der Waals surface area contributed by atoms with Crippen LogP contribution in [0.3, 0.4) is 0 Å². The third kappa shape index (κ3) is 3.41. The highest BCUT2D eigenvalue weighted by atomic mass is 32.2. The van der Waals surface area contributed by atoms with Crippen molar-refractivity contribution in [2.24, 2.45) is 0 Å². The van der Waals surface area contributed by atoms with Gasteiger partial charge >= 0.3 is 0 Å². The maximum absolute atomic E-state index is 5.62. The van der Waals surface area contributed by atoms with E-state index in [-0.39, 0.29) is 5.25 Å². The molecule has 3 aromatic rings. The zero-order valence-corrected chi connectivity index (χ0v) is 13.6. The first-order valence-electron chi connectivity index (χ1n) is 6.73. The van der Waals surface area contributed by atoms with Crippen LogP contribution in [0.15, 0.2) is 52.1 Å². The summed E-state index contributed by atoms with van der Waals surface area (Å²) < 4.78 is 5.62. The molecule has 0 aliphatic carbocycles. The van der Waals surface area contributed by atoms with E-state index in [0.29, 0.717) is 11.1 Å². The number of hydrogen-bond donors (Lipinski definition) is 0. The standard InChI is InChI=1S/C16H16N2OS2/c1-11(21-16-18-17-15(19-16)10-20-2)13-8-7-12-5-3-4-6-14(12)9-13/h3-9,11H,10H2,1-2H3. The van der Waals surface area contributed by atoms with E-state index in [9.17, 15) is 0 Å². The van der Waals surface area contributed by atoms with Crippen molar-refractivity contribution in [2.75, 3.05) is 6.26 Å². The second-order valence-corrected chi connectivity index (χ2v) is 6.92. The minimum Gasteiger partial charge on any atom is -0.415 e. The molecular weight excluding hydrogens is 300 g/mol. The summed E-state index contributed by atoms with van der Waals surface area (Å²) in [6.45, 7) is 2.16. The Morgan fingerprint density at radius 3 is 2.71 bits per heavy atom. The molecule has 108 valence electrons. The number of thioether (sulfide) groups is 2. The maximum atomic E-state index is 5.62. The Morgan fingerprint density at radius 1 is 1.10 bits per heavy atom. The van der Waals surface area contributed by atoms with Crippen molar-refractivity contribution in [1.82, 2.24) is 10.2 Å². The summed E-state index contributed by atoms with van der Waals surface area (Å²) >= 11 is 3.28. The topological polar surface area (TPSA) is 38.9 Å². The third-order valence-corrected chi connectivity index (χ3v) is 4.76.